The van der Waals surface area contributed by atoms with Gasteiger partial charge in [0.1, 0.15) is 0 Å². The number of amides is 1. The first-order chi connectivity index (χ1) is 13.6. The predicted octanol–water partition coefficient (Wildman–Crippen LogP) is 1.40. The van der Waals surface area contributed by atoms with Crippen molar-refractivity contribution in [2.24, 2.45) is 5.10 Å². The van der Waals surface area contributed by atoms with E-state index in [2.05, 4.69) is 20.4 Å². The van der Waals surface area contributed by atoms with Gasteiger partial charge in [0.15, 0.2) is 16.6 Å². The van der Waals surface area contributed by atoms with Crippen LogP contribution in [0.25, 0.3) is 0 Å². The molecular formula is C18H22N4O5S. The molecule has 0 radical (unpaired) electrons. The zero-order valence-corrected chi connectivity index (χ0v) is 16.5. The summed E-state index contributed by atoms with van der Waals surface area (Å²) in [7, 11) is 2.88. The summed E-state index contributed by atoms with van der Waals surface area (Å²) in [6.45, 7) is 3.00. The minimum Gasteiger partial charge on any atom is -0.502 e. The summed E-state index contributed by atoms with van der Waals surface area (Å²) in [5, 5.41) is 16.6. The van der Waals surface area contributed by atoms with Crippen LogP contribution in [0.2, 0.25) is 0 Å². The molecule has 3 rings (SSSR count). The lowest BCUT2D eigenvalue weighted by Gasteiger charge is -2.26. The molecule has 1 aromatic heterocycles. The molecule has 1 amide bonds. The second-order valence-electron chi connectivity index (χ2n) is 5.96. The Labute approximate surface area is 166 Å². The standard InChI is InChI=1S/C18H22N4O5S/c1-25-14-7-12(8-15(26-2)17(14)24)10-19-21-16(23)9-13-11-28-18(20-13)22-3-5-27-6-4-22/h7-8,10-11,24H,3-6,9H2,1-2H3,(H,21,23). The number of phenols is 1. The van der Waals surface area contributed by atoms with Gasteiger partial charge in [-0.25, -0.2) is 10.4 Å². The van der Waals surface area contributed by atoms with E-state index in [9.17, 15) is 9.90 Å². The number of aromatic hydroxyl groups is 1. The number of hydrogen-bond acceptors (Lipinski definition) is 9. The minimum absolute atomic E-state index is 0.0919. The number of phenolic OH excluding ortho intramolecular Hbond substituents is 1. The number of hydrazone groups is 1. The van der Waals surface area contributed by atoms with Crippen LogP contribution in [0.3, 0.4) is 0 Å². The van der Waals surface area contributed by atoms with Crippen molar-refractivity contribution in [2.45, 2.75) is 6.42 Å². The van der Waals surface area contributed by atoms with E-state index in [1.54, 1.807) is 12.1 Å². The third kappa shape index (κ3) is 4.90. The molecule has 150 valence electrons. The highest BCUT2D eigenvalue weighted by molar-refractivity contribution is 7.13. The predicted molar refractivity (Wildman–Crippen MR) is 106 cm³/mol. The maximum absolute atomic E-state index is 12.1. The molecule has 0 spiro atoms. The van der Waals surface area contributed by atoms with Crippen molar-refractivity contribution in [3.8, 4) is 17.2 Å². The van der Waals surface area contributed by atoms with Crippen LogP contribution in [-0.2, 0) is 16.0 Å². The molecule has 10 heteroatoms. The molecule has 0 atom stereocenters. The zero-order valence-electron chi connectivity index (χ0n) is 15.7. The van der Waals surface area contributed by atoms with E-state index in [-0.39, 0.29) is 29.6 Å². The van der Waals surface area contributed by atoms with E-state index in [4.69, 9.17) is 14.2 Å². The Balaban J connectivity index is 1.56. The van der Waals surface area contributed by atoms with Gasteiger partial charge in [-0.05, 0) is 12.1 Å². The smallest absolute Gasteiger partial charge is 0.246 e. The Kier molecular flexibility index (Phi) is 6.66. The number of anilines is 1. The van der Waals surface area contributed by atoms with Crippen molar-refractivity contribution in [3.63, 3.8) is 0 Å². The van der Waals surface area contributed by atoms with E-state index >= 15 is 0 Å². The highest BCUT2D eigenvalue weighted by Crippen LogP contribution is 2.36. The van der Waals surface area contributed by atoms with Crippen molar-refractivity contribution >= 4 is 28.6 Å². The Hall–Kier alpha value is -2.85. The number of nitrogens with one attached hydrogen (secondary N) is 1. The lowest BCUT2D eigenvalue weighted by atomic mass is 10.2. The minimum atomic E-state index is -0.271. The lowest BCUT2D eigenvalue weighted by molar-refractivity contribution is -0.120. The van der Waals surface area contributed by atoms with Gasteiger partial charge in [-0.15, -0.1) is 11.3 Å². The molecule has 9 nitrogen and oxygen atoms in total. The van der Waals surface area contributed by atoms with Crippen molar-refractivity contribution in [2.75, 3.05) is 45.4 Å². The second-order valence-corrected chi connectivity index (χ2v) is 6.80. The van der Waals surface area contributed by atoms with Crippen LogP contribution in [0.4, 0.5) is 5.13 Å². The first kappa shape index (κ1) is 19.9. The van der Waals surface area contributed by atoms with Crippen molar-refractivity contribution < 1.29 is 24.1 Å². The van der Waals surface area contributed by atoms with Gasteiger partial charge >= 0.3 is 0 Å². The summed E-state index contributed by atoms with van der Waals surface area (Å²) in [4.78, 5) is 18.8. The highest BCUT2D eigenvalue weighted by Gasteiger charge is 2.15. The Morgan fingerprint density at radius 2 is 2.04 bits per heavy atom. The number of rotatable bonds is 7. The number of carbonyl (C=O) groups is 1. The van der Waals surface area contributed by atoms with Gasteiger partial charge in [-0.2, -0.15) is 5.10 Å². The summed E-state index contributed by atoms with van der Waals surface area (Å²) in [6.07, 6.45) is 1.59. The molecule has 1 fully saturated rings. The molecular weight excluding hydrogens is 384 g/mol. The van der Waals surface area contributed by atoms with Gasteiger partial charge in [0, 0.05) is 24.0 Å². The third-order valence-electron chi connectivity index (χ3n) is 4.07. The monoisotopic (exact) mass is 406 g/mol. The number of morpholine rings is 1. The Morgan fingerprint density at radius 1 is 1.36 bits per heavy atom. The molecule has 2 heterocycles. The summed E-state index contributed by atoms with van der Waals surface area (Å²) >= 11 is 1.52. The number of carbonyl (C=O) groups excluding carboxylic acids is 1. The lowest BCUT2D eigenvalue weighted by Crippen LogP contribution is -2.36. The molecule has 2 aromatic rings. The van der Waals surface area contributed by atoms with Crippen LogP contribution in [0, 0.1) is 0 Å². The molecule has 1 aromatic carbocycles. The van der Waals surface area contributed by atoms with Gasteiger partial charge in [0.05, 0.1) is 45.8 Å². The van der Waals surface area contributed by atoms with E-state index in [1.165, 1.54) is 31.8 Å². The molecule has 28 heavy (non-hydrogen) atoms. The summed E-state index contributed by atoms with van der Waals surface area (Å²) in [5.41, 5.74) is 3.78. The number of hydrogen-bond donors (Lipinski definition) is 2. The first-order valence-electron chi connectivity index (χ1n) is 8.64. The van der Waals surface area contributed by atoms with Crippen LogP contribution in [0.1, 0.15) is 11.3 Å². The van der Waals surface area contributed by atoms with Crippen molar-refractivity contribution in [1.29, 1.82) is 0 Å². The normalized spacial score (nSPS) is 14.3. The fraction of sp³-hybridized carbons (Fsp3) is 0.389. The number of ether oxygens (including phenoxy) is 3. The maximum Gasteiger partial charge on any atom is 0.246 e. The molecule has 0 saturated carbocycles. The summed E-state index contributed by atoms with van der Waals surface area (Å²) in [5.74, 6) is 0.147. The van der Waals surface area contributed by atoms with Gasteiger partial charge in [0.2, 0.25) is 11.7 Å². The number of methoxy groups -OCH3 is 2. The highest BCUT2D eigenvalue weighted by atomic mass is 32.1. The Morgan fingerprint density at radius 3 is 2.68 bits per heavy atom. The van der Waals surface area contributed by atoms with Crippen molar-refractivity contribution in [3.05, 3.63) is 28.8 Å². The van der Waals surface area contributed by atoms with Gasteiger partial charge in [-0.3, -0.25) is 4.79 Å². The maximum atomic E-state index is 12.1. The first-order valence-corrected chi connectivity index (χ1v) is 9.52. The number of nitrogens with zero attached hydrogens (tertiary/aromatic N) is 3. The molecule has 1 aliphatic rings. The number of aromatic nitrogens is 1. The molecule has 0 aliphatic carbocycles. The Bertz CT molecular complexity index is 823. The molecule has 1 aliphatic heterocycles. The fourth-order valence-corrected chi connectivity index (χ4v) is 3.53. The molecule has 1 saturated heterocycles. The van der Waals surface area contributed by atoms with E-state index in [0.29, 0.717) is 24.5 Å². The zero-order chi connectivity index (χ0) is 19.9. The quantitative estimate of drug-likeness (QED) is 0.529. The van der Waals surface area contributed by atoms with Gasteiger partial charge in [0.25, 0.3) is 0 Å². The third-order valence-corrected chi connectivity index (χ3v) is 5.02. The van der Waals surface area contributed by atoms with E-state index in [0.717, 1.165) is 18.2 Å². The number of benzene rings is 1. The van der Waals surface area contributed by atoms with E-state index < -0.39 is 0 Å². The van der Waals surface area contributed by atoms with E-state index in [1.807, 2.05) is 5.38 Å². The van der Waals surface area contributed by atoms with Crippen LogP contribution in [0.5, 0.6) is 17.2 Å². The van der Waals surface area contributed by atoms with Crippen LogP contribution in [-0.4, -0.2) is 62.7 Å². The fourth-order valence-electron chi connectivity index (χ4n) is 2.65. The van der Waals surface area contributed by atoms with Crippen LogP contribution >= 0.6 is 11.3 Å². The molecule has 0 bridgehead atoms. The SMILES string of the molecule is COc1cc(C=NNC(=O)Cc2csc(N3CCOCC3)n2)cc(OC)c1O. The van der Waals surface area contributed by atoms with Gasteiger partial charge in [-0.1, -0.05) is 0 Å². The molecule has 0 unspecified atom stereocenters. The largest absolute Gasteiger partial charge is 0.502 e. The average molecular weight is 406 g/mol. The second kappa shape index (κ2) is 9.38. The van der Waals surface area contributed by atoms with Crippen molar-refractivity contribution in [1.82, 2.24) is 10.4 Å². The summed E-state index contributed by atoms with van der Waals surface area (Å²) in [6, 6.07) is 3.17. The average Bonchev–Trinajstić information content (AvgIpc) is 3.18. The topological polar surface area (TPSA) is 106 Å². The number of thiazole rings is 1. The van der Waals surface area contributed by atoms with Gasteiger partial charge < -0.3 is 24.2 Å². The van der Waals surface area contributed by atoms with Crippen LogP contribution in [0.15, 0.2) is 22.6 Å². The summed E-state index contributed by atoms with van der Waals surface area (Å²) < 4.78 is 15.5. The van der Waals surface area contributed by atoms with Crippen LogP contribution < -0.4 is 19.8 Å². The molecule has 2 N–H and O–H groups in total.